The summed E-state index contributed by atoms with van der Waals surface area (Å²) in [6.07, 6.45) is 3.66. The van der Waals surface area contributed by atoms with E-state index in [4.69, 9.17) is 0 Å². The highest BCUT2D eigenvalue weighted by Gasteiger charge is 2.22. The Bertz CT molecular complexity index is 923. The summed E-state index contributed by atoms with van der Waals surface area (Å²) in [5.41, 5.74) is 0.458. The number of nitrogens with one attached hydrogen (secondary N) is 3. The molecule has 2 rings (SSSR count). The number of nitrogens with zero attached hydrogens (tertiary/aromatic N) is 1. The number of hydrogen-bond acceptors (Lipinski definition) is 5. The highest BCUT2D eigenvalue weighted by Crippen LogP contribution is 2.25. The van der Waals surface area contributed by atoms with Crippen LogP contribution in [0.4, 0.5) is 13.9 Å². The fourth-order valence-corrected chi connectivity index (χ4v) is 4.05. The van der Waals surface area contributed by atoms with Crippen molar-refractivity contribution in [2.24, 2.45) is 5.41 Å². The van der Waals surface area contributed by atoms with Crippen LogP contribution in [-0.2, 0) is 16.0 Å². The summed E-state index contributed by atoms with van der Waals surface area (Å²) in [5, 5.41) is 9.37. The Hall–Kier alpha value is -2.39. The maximum absolute atomic E-state index is 13.4. The molecule has 0 radical (unpaired) electrons. The van der Waals surface area contributed by atoms with Gasteiger partial charge >= 0.3 is 0 Å². The highest BCUT2D eigenvalue weighted by atomic mass is 32.1. The lowest BCUT2D eigenvalue weighted by atomic mass is 9.92. The second kappa shape index (κ2) is 12.2. The van der Waals surface area contributed by atoms with E-state index in [0.717, 1.165) is 36.0 Å². The zero-order chi connectivity index (χ0) is 24.6. The molecule has 9 heteroatoms. The van der Waals surface area contributed by atoms with E-state index >= 15 is 0 Å². The molecule has 0 aliphatic heterocycles. The molecule has 6 nitrogen and oxygen atoms in total. The molecular formula is C24H34F2N4O2S. The molecule has 0 saturated heterocycles. The number of thiazole rings is 1. The normalized spacial score (nSPS) is 13.4. The molecule has 1 unspecified atom stereocenters. The lowest BCUT2D eigenvalue weighted by Crippen LogP contribution is -2.44. The van der Waals surface area contributed by atoms with Gasteiger partial charge in [0, 0.05) is 23.2 Å². The number of benzene rings is 1. The Morgan fingerprint density at radius 3 is 2.42 bits per heavy atom. The van der Waals surface area contributed by atoms with Crippen molar-refractivity contribution < 1.29 is 18.4 Å². The topological polar surface area (TPSA) is 83.1 Å². The molecule has 182 valence electrons. The van der Waals surface area contributed by atoms with Crippen LogP contribution in [-0.4, -0.2) is 29.4 Å². The van der Waals surface area contributed by atoms with Gasteiger partial charge in [0.25, 0.3) is 0 Å². The Balaban J connectivity index is 1.93. The predicted molar refractivity (Wildman–Crippen MR) is 128 cm³/mol. The molecular weight excluding hydrogens is 446 g/mol. The molecule has 0 aliphatic rings. The van der Waals surface area contributed by atoms with Crippen LogP contribution in [0.15, 0.2) is 24.4 Å². The van der Waals surface area contributed by atoms with Gasteiger partial charge in [-0.3, -0.25) is 9.59 Å². The predicted octanol–water partition coefficient (Wildman–Crippen LogP) is 4.97. The quantitative estimate of drug-likeness (QED) is 0.424. The van der Waals surface area contributed by atoms with E-state index in [2.05, 4.69) is 48.6 Å². The van der Waals surface area contributed by atoms with Crippen LogP contribution in [0.25, 0.3) is 0 Å². The van der Waals surface area contributed by atoms with Crippen molar-refractivity contribution in [1.29, 1.82) is 0 Å². The first-order chi connectivity index (χ1) is 15.5. The Morgan fingerprint density at radius 2 is 1.82 bits per heavy atom. The van der Waals surface area contributed by atoms with Gasteiger partial charge in [0.1, 0.15) is 17.7 Å². The van der Waals surface area contributed by atoms with Gasteiger partial charge in [0.2, 0.25) is 11.8 Å². The third kappa shape index (κ3) is 9.55. The summed E-state index contributed by atoms with van der Waals surface area (Å²) in [7, 11) is 0. The highest BCUT2D eigenvalue weighted by molar-refractivity contribution is 7.15. The number of carbonyl (C=O) groups is 2. The van der Waals surface area contributed by atoms with Crippen molar-refractivity contribution in [3.05, 3.63) is 46.5 Å². The zero-order valence-corrected chi connectivity index (χ0v) is 20.7. The molecule has 1 aromatic heterocycles. The molecule has 1 aromatic carbocycles. The summed E-state index contributed by atoms with van der Waals surface area (Å²) in [6.45, 7) is 11.4. The second-order valence-corrected chi connectivity index (χ2v) is 10.5. The molecule has 0 bridgehead atoms. The number of amides is 2. The van der Waals surface area contributed by atoms with E-state index in [1.807, 2.05) is 6.92 Å². The summed E-state index contributed by atoms with van der Waals surface area (Å²) in [5.74, 6) is -2.35. The molecule has 0 saturated carbocycles. The summed E-state index contributed by atoms with van der Waals surface area (Å²) in [6, 6.07) is 2.29. The third-order valence-corrected chi connectivity index (χ3v) is 6.12. The summed E-state index contributed by atoms with van der Waals surface area (Å²) < 4.78 is 26.7. The first-order valence-electron chi connectivity index (χ1n) is 11.2. The lowest BCUT2D eigenvalue weighted by Gasteiger charge is -2.20. The van der Waals surface area contributed by atoms with Crippen LogP contribution in [0.1, 0.15) is 70.4 Å². The molecule has 2 aromatic rings. The molecule has 2 amide bonds. The van der Waals surface area contributed by atoms with E-state index < -0.39 is 23.6 Å². The van der Waals surface area contributed by atoms with Gasteiger partial charge in [0.05, 0.1) is 6.42 Å². The number of aromatic nitrogens is 1. The minimum Gasteiger partial charge on any atom is -0.344 e. The van der Waals surface area contributed by atoms with Gasteiger partial charge in [-0.25, -0.2) is 13.8 Å². The van der Waals surface area contributed by atoms with Gasteiger partial charge in [-0.05, 0) is 49.4 Å². The Kier molecular flexibility index (Phi) is 9.91. The minimum absolute atomic E-state index is 0.105. The van der Waals surface area contributed by atoms with E-state index in [1.54, 1.807) is 6.20 Å². The summed E-state index contributed by atoms with van der Waals surface area (Å²) in [4.78, 5) is 30.4. The van der Waals surface area contributed by atoms with Crippen LogP contribution in [0.5, 0.6) is 0 Å². The number of carbonyl (C=O) groups excluding carboxylic acids is 2. The maximum atomic E-state index is 13.4. The molecule has 0 fully saturated rings. The van der Waals surface area contributed by atoms with Crippen LogP contribution in [0.2, 0.25) is 0 Å². The van der Waals surface area contributed by atoms with Crippen molar-refractivity contribution in [3.8, 4) is 0 Å². The largest absolute Gasteiger partial charge is 0.344 e. The smallest absolute Gasteiger partial charge is 0.248 e. The molecule has 33 heavy (non-hydrogen) atoms. The van der Waals surface area contributed by atoms with Crippen LogP contribution >= 0.6 is 11.3 Å². The molecule has 0 spiro atoms. The summed E-state index contributed by atoms with van der Waals surface area (Å²) >= 11 is 1.39. The molecule has 0 aliphatic carbocycles. The van der Waals surface area contributed by atoms with Crippen molar-refractivity contribution in [3.63, 3.8) is 0 Å². The van der Waals surface area contributed by atoms with E-state index in [-0.39, 0.29) is 29.3 Å². The van der Waals surface area contributed by atoms with Crippen LogP contribution in [0, 0.1) is 17.0 Å². The first kappa shape index (κ1) is 26.9. The lowest BCUT2D eigenvalue weighted by molar-refractivity contribution is -0.126. The SMILES string of the molecule is CCC[C@H](NC(=O)Cc1cc(F)cc(F)c1)C(=O)Nc1ncc(C(C)NCCC(C)(C)C)s1. The Morgan fingerprint density at radius 1 is 1.15 bits per heavy atom. The maximum Gasteiger partial charge on any atom is 0.248 e. The van der Waals surface area contributed by atoms with Gasteiger partial charge in [-0.15, -0.1) is 11.3 Å². The average molecular weight is 481 g/mol. The monoisotopic (exact) mass is 480 g/mol. The Labute approximate surface area is 198 Å². The van der Waals surface area contributed by atoms with E-state index in [1.165, 1.54) is 11.3 Å². The first-order valence-corrected chi connectivity index (χ1v) is 12.0. The fraction of sp³-hybridized carbons (Fsp3) is 0.542. The average Bonchev–Trinajstić information content (AvgIpc) is 3.14. The molecule has 3 N–H and O–H groups in total. The van der Waals surface area contributed by atoms with Crippen molar-refractivity contribution >= 4 is 28.3 Å². The number of anilines is 1. The van der Waals surface area contributed by atoms with Gasteiger partial charge in [-0.1, -0.05) is 34.1 Å². The van der Waals surface area contributed by atoms with E-state index in [9.17, 15) is 18.4 Å². The van der Waals surface area contributed by atoms with Gasteiger partial charge in [0.15, 0.2) is 5.13 Å². The van der Waals surface area contributed by atoms with E-state index in [0.29, 0.717) is 18.0 Å². The number of halogens is 2. The second-order valence-electron chi connectivity index (χ2n) is 9.41. The number of hydrogen-bond donors (Lipinski definition) is 3. The third-order valence-electron chi connectivity index (χ3n) is 5.02. The van der Waals surface area contributed by atoms with Crippen molar-refractivity contribution in [2.75, 3.05) is 11.9 Å². The van der Waals surface area contributed by atoms with Gasteiger partial charge < -0.3 is 16.0 Å². The standard InChI is InChI=1S/C24H34F2N4O2S/c1-6-7-19(29-21(31)12-16-10-17(25)13-18(26)11-16)22(32)30-23-28-14-20(33-23)15(2)27-9-8-24(3,4)5/h10-11,13-15,19,27H,6-9,12H2,1-5H3,(H,29,31)(H,28,30,32)/t15?,19-/m0/s1. The van der Waals surface area contributed by atoms with Crippen LogP contribution in [0.3, 0.4) is 0 Å². The van der Waals surface area contributed by atoms with Gasteiger partial charge in [-0.2, -0.15) is 0 Å². The zero-order valence-electron chi connectivity index (χ0n) is 19.9. The van der Waals surface area contributed by atoms with Crippen molar-refractivity contribution in [2.45, 2.75) is 72.4 Å². The minimum atomic E-state index is -0.768. The molecule has 2 atom stereocenters. The molecule has 1 heterocycles. The van der Waals surface area contributed by atoms with Crippen LogP contribution < -0.4 is 16.0 Å². The fourth-order valence-electron chi connectivity index (χ4n) is 3.20. The van der Waals surface area contributed by atoms with Crippen molar-refractivity contribution in [1.82, 2.24) is 15.6 Å². The number of rotatable bonds is 11.